The summed E-state index contributed by atoms with van der Waals surface area (Å²) in [6.07, 6.45) is 3.87. The van der Waals surface area contributed by atoms with Crippen molar-refractivity contribution in [1.82, 2.24) is 5.43 Å². The number of hydrogen-bond acceptors (Lipinski definition) is 7. The summed E-state index contributed by atoms with van der Waals surface area (Å²) in [6, 6.07) is 13.0. The molecule has 36 heavy (non-hydrogen) atoms. The highest BCUT2D eigenvalue weighted by atomic mass is 32.1. The number of anilines is 1. The Labute approximate surface area is 211 Å². The Kier molecular flexibility index (Phi) is 8.06. The number of esters is 1. The Hall–Kier alpha value is -4.05. The molecule has 0 atom stereocenters. The molecule has 3 aromatic rings. The molecule has 2 N–H and O–H groups in total. The van der Waals surface area contributed by atoms with Crippen molar-refractivity contribution in [1.29, 1.82) is 0 Å². The van der Waals surface area contributed by atoms with Crippen LogP contribution < -0.4 is 15.5 Å². The molecule has 0 saturated carbocycles. The molecule has 0 bridgehead atoms. The molecule has 2 amide bonds. The van der Waals surface area contributed by atoms with Crippen LogP contribution in [0.2, 0.25) is 0 Å². The second-order valence-electron chi connectivity index (χ2n) is 7.92. The highest BCUT2D eigenvalue weighted by Crippen LogP contribution is 2.39. The van der Waals surface area contributed by atoms with Gasteiger partial charge in [0.15, 0.2) is 0 Å². The first-order valence-electron chi connectivity index (χ1n) is 11.4. The number of nitrogens with one attached hydrogen (secondary N) is 2. The van der Waals surface area contributed by atoms with Crippen molar-refractivity contribution in [3.63, 3.8) is 0 Å². The molecule has 186 valence electrons. The lowest BCUT2D eigenvalue weighted by Gasteiger charge is -2.07. The van der Waals surface area contributed by atoms with Gasteiger partial charge >= 0.3 is 17.8 Å². The monoisotopic (exact) mass is 509 g/mol. The molecule has 0 aliphatic heterocycles. The number of aryl methyl sites for hydroxylation is 1. The Balaban J connectivity index is 1.33. The standard InChI is InChI=1S/C26H24FN3O5S/c1-2-34-26(33)22-20-7-4-8-21(20)36-25(22)29-23(31)24(32)30-28-14-17-5-3-6-19(13-17)35-15-16-9-11-18(27)12-10-16/h3,5-6,9-14H,2,4,7-8,15H2,1H3,(H,29,31)(H,30,32)/b28-14+. The highest BCUT2D eigenvalue weighted by Gasteiger charge is 2.29. The molecule has 1 aliphatic rings. The Morgan fingerprint density at radius 1 is 1.11 bits per heavy atom. The zero-order valence-corrected chi connectivity index (χ0v) is 20.3. The van der Waals surface area contributed by atoms with Crippen LogP contribution in [-0.4, -0.2) is 30.6 Å². The fraction of sp³-hybridized carbons (Fsp3) is 0.231. The van der Waals surface area contributed by atoms with E-state index in [2.05, 4.69) is 15.8 Å². The van der Waals surface area contributed by atoms with E-state index in [4.69, 9.17) is 9.47 Å². The van der Waals surface area contributed by atoms with Crippen LogP contribution in [0.3, 0.4) is 0 Å². The van der Waals surface area contributed by atoms with Crippen molar-refractivity contribution >= 4 is 40.3 Å². The zero-order valence-electron chi connectivity index (χ0n) is 19.5. The van der Waals surface area contributed by atoms with Crippen LogP contribution in [0.4, 0.5) is 9.39 Å². The number of benzene rings is 2. The predicted octanol–water partition coefficient (Wildman–Crippen LogP) is 4.22. The summed E-state index contributed by atoms with van der Waals surface area (Å²) >= 11 is 1.29. The molecule has 8 nitrogen and oxygen atoms in total. The minimum absolute atomic E-state index is 0.213. The number of halogens is 1. The van der Waals surface area contributed by atoms with Crippen LogP contribution in [0.5, 0.6) is 5.75 Å². The number of ether oxygens (including phenoxy) is 2. The van der Waals surface area contributed by atoms with E-state index in [9.17, 15) is 18.8 Å². The van der Waals surface area contributed by atoms with Crippen molar-refractivity contribution < 1.29 is 28.2 Å². The smallest absolute Gasteiger partial charge is 0.341 e. The van der Waals surface area contributed by atoms with Crippen molar-refractivity contribution in [3.8, 4) is 5.75 Å². The van der Waals surface area contributed by atoms with Crippen LogP contribution in [0, 0.1) is 5.82 Å². The lowest BCUT2D eigenvalue weighted by atomic mass is 10.1. The summed E-state index contributed by atoms with van der Waals surface area (Å²) < 4.78 is 23.9. The maximum Gasteiger partial charge on any atom is 0.341 e. The molecule has 1 heterocycles. The van der Waals surface area contributed by atoms with Crippen LogP contribution >= 0.6 is 11.3 Å². The van der Waals surface area contributed by atoms with E-state index in [1.165, 1.54) is 29.7 Å². The molecule has 1 aromatic heterocycles. The molecule has 10 heteroatoms. The van der Waals surface area contributed by atoms with Crippen LogP contribution in [0.1, 0.15) is 45.3 Å². The fourth-order valence-electron chi connectivity index (χ4n) is 3.72. The van der Waals surface area contributed by atoms with Gasteiger partial charge in [-0.15, -0.1) is 11.3 Å². The van der Waals surface area contributed by atoms with Crippen molar-refractivity contribution in [2.75, 3.05) is 11.9 Å². The van der Waals surface area contributed by atoms with E-state index in [0.717, 1.165) is 35.3 Å². The Bertz CT molecular complexity index is 1300. The molecule has 2 aromatic carbocycles. The Morgan fingerprint density at radius 3 is 2.69 bits per heavy atom. The normalized spacial score (nSPS) is 12.3. The van der Waals surface area contributed by atoms with Crippen molar-refractivity contribution in [3.05, 3.63) is 81.5 Å². The van der Waals surface area contributed by atoms with Gasteiger partial charge in [-0.05, 0) is 67.1 Å². The number of amides is 2. The SMILES string of the molecule is CCOC(=O)c1c(NC(=O)C(=O)N/N=C/c2cccc(OCc3ccc(F)cc3)c2)sc2c1CCC2. The van der Waals surface area contributed by atoms with E-state index in [1.54, 1.807) is 43.3 Å². The van der Waals surface area contributed by atoms with E-state index in [1.807, 2.05) is 0 Å². The number of nitrogens with zero attached hydrogens (tertiary/aromatic N) is 1. The van der Waals surface area contributed by atoms with E-state index < -0.39 is 17.8 Å². The highest BCUT2D eigenvalue weighted by molar-refractivity contribution is 7.17. The molecule has 0 unspecified atom stereocenters. The first-order valence-corrected chi connectivity index (χ1v) is 12.2. The number of hydrogen-bond donors (Lipinski definition) is 2. The molecule has 0 fully saturated rings. The number of thiophene rings is 1. The molecule has 1 aliphatic carbocycles. The lowest BCUT2D eigenvalue weighted by Crippen LogP contribution is -2.32. The minimum Gasteiger partial charge on any atom is -0.489 e. The summed E-state index contributed by atoms with van der Waals surface area (Å²) in [5, 5.41) is 6.67. The molecule has 0 spiro atoms. The number of hydrazone groups is 1. The van der Waals surface area contributed by atoms with Crippen molar-refractivity contribution in [2.24, 2.45) is 5.10 Å². The van der Waals surface area contributed by atoms with Gasteiger partial charge in [-0.1, -0.05) is 24.3 Å². The van der Waals surface area contributed by atoms with Gasteiger partial charge in [0.05, 0.1) is 18.4 Å². The second-order valence-corrected chi connectivity index (χ2v) is 9.03. The summed E-state index contributed by atoms with van der Waals surface area (Å²) in [4.78, 5) is 38.1. The van der Waals surface area contributed by atoms with Gasteiger partial charge in [-0.25, -0.2) is 14.6 Å². The van der Waals surface area contributed by atoms with Gasteiger partial charge in [0.2, 0.25) is 0 Å². The quantitative estimate of drug-likeness (QED) is 0.205. The Morgan fingerprint density at radius 2 is 1.92 bits per heavy atom. The second kappa shape index (κ2) is 11.6. The van der Waals surface area contributed by atoms with Gasteiger partial charge in [-0.3, -0.25) is 9.59 Å². The first kappa shape index (κ1) is 25.1. The van der Waals surface area contributed by atoms with Gasteiger partial charge < -0.3 is 14.8 Å². The van der Waals surface area contributed by atoms with Crippen LogP contribution in [0.15, 0.2) is 53.6 Å². The maximum absolute atomic E-state index is 13.0. The molecule has 4 rings (SSSR count). The minimum atomic E-state index is -0.974. The van der Waals surface area contributed by atoms with E-state index >= 15 is 0 Å². The lowest BCUT2D eigenvalue weighted by molar-refractivity contribution is -0.136. The topological polar surface area (TPSA) is 106 Å². The molecule has 0 radical (unpaired) electrons. The number of rotatable bonds is 8. The summed E-state index contributed by atoms with van der Waals surface area (Å²) in [5.41, 5.74) is 4.85. The summed E-state index contributed by atoms with van der Waals surface area (Å²) in [6.45, 7) is 2.18. The van der Waals surface area contributed by atoms with Gasteiger partial charge in [0, 0.05) is 4.88 Å². The largest absolute Gasteiger partial charge is 0.489 e. The summed E-state index contributed by atoms with van der Waals surface area (Å²) in [7, 11) is 0. The number of carbonyl (C=O) groups is 3. The molecule has 0 saturated heterocycles. The van der Waals surface area contributed by atoms with Crippen LogP contribution in [0.25, 0.3) is 0 Å². The van der Waals surface area contributed by atoms with Crippen molar-refractivity contribution in [2.45, 2.75) is 32.8 Å². The maximum atomic E-state index is 13.0. The van der Waals surface area contributed by atoms with Gasteiger partial charge in [0.1, 0.15) is 23.2 Å². The zero-order chi connectivity index (χ0) is 25.5. The van der Waals surface area contributed by atoms with E-state index in [0.29, 0.717) is 21.9 Å². The first-order chi connectivity index (χ1) is 17.4. The molecular formula is C26H24FN3O5S. The predicted molar refractivity (Wildman–Crippen MR) is 134 cm³/mol. The third-order valence-electron chi connectivity index (χ3n) is 5.39. The average molecular weight is 510 g/mol. The summed E-state index contributed by atoms with van der Waals surface area (Å²) in [5.74, 6) is -2.17. The molecular weight excluding hydrogens is 485 g/mol. The fourth-order valence-corrected chi connectivity index (χ4v) is 4.99. The third-order valence-corrected chi connectivity index (χ3v) is 6.60. The average Bonchev–Trinajstić information content (AvgIpc) is 3.45. The van der Waals surface area contributed by atoms with Crippen LogP contribution in [-0.2, 0) is 33.8 Å². The number of fused-ring (bicyclic) bond motifs is 1. The van der Waals surface area contributed by atoms with E-state index in [-0.39, 0.29) is 19.0 Å². The number of carbonyl (C=O) groups excluding carboxylic acids is 3. The van der Waals surface area contributed by atoms with Gasteiger partial charge in [0.25, 0.3) is 0 Å². The third kappa shape index (κ3) is 6.14. The van der Waals surface area contributed by atoms with Gasteiger partial charge in [-0.2, -0.15) is 5.10 Å².